The van der Waals surface area contributed by atoms with Crippen molar-refractivity contribution in [3.05, 3.63) is 16.1 Å². The van der Waals surface area contributed by atoms with E-state index < -0.39 is 0 Å². The first kappa shape index (κ1) is 19.1. The average molecular weight is 381 g/mol. The summed E-state index contributed by atoms with van der Waals surface area (Å²) < 4.78 is 5.86. The molecule has 2 N–H and O–H groups in total. The summed E-state index contributed by atoms with van der Waals surface area (Å²) in [7, 11) is 0. The SMILES string of the molecule is Cc1nc(CO[C@H]2CCN(C(=O)CNC(=O)NC3CCCCC3)C2)cs1. The number of carbonyl (C=O) groups is 2. The van der Waals surface area contributed by atoms with Crippen LogP contribution in [-0.2, 0) is 16.1 Å². The van der Waals surface area contributed by atoms with Gasteiger partial charge in [-0.25, -0.2) is 9.78 Å². The zero-order chi connectivity index (χ0) is 18.4. The van der Waals surface area contributed by atoms with Crippen LogP contribution < -0.4 is 10.6 Å². The summed E-state index contributed by atoms with van der Waals surface area (Å²) in [4.78, 5) is 30.4. The summed E-state index contributed by atoms with van der Waals surface area (Å²) in [6.07, 6.45) is 6.51. The topological polar surface area (TPSA) is 83.6 Å². The Bertz CT molecular complexity index is 615. The lowest BCUT2D eigenvalue weighted by Crippen LogP contribution is -2.46. The van der Waals surface area contributed by atoms with Crippen molar-refractivity contribution in [2.75, 3.05) is 19.6 Å². The van der Waals surface area contributed by atoms with Crippen LogP contribution >= 0.6 is 11.3 Å². The van der Waals surface area contributed by atoms with E-state index >= 15 is 0 Å². The normalized spacial score (nSPS) is 21.0. The second kappa shape index (κ2) is 9.32. The first-order valence-corrected chi connectivity index (χ1v) is 10.3. The highest BCUT2D eigenvalue weighted by Gasteiger charge is 2.27. The third-order valence-corrected chi connectivity index (χ3v) is 5.79. The third kappa shape index (κ3) is 5.67. The van der Waals surface area contributed by atoms with Crippen LogP contribution in [0.2, 0.25) is 0 Å². The molecule has 1 saturated heterocycles. The lowest BCUT2D eigenvalue weighted by atomic mass is 9.96. The number of aryl methyl sites for hydroxylation is 1. The smallest absolute Gasteiger partial charge is 0.315 e. The minimum absolute atomic E-state index is 0.0382. The molecule has 1 aromatic rings. The number of likely N-dealkylation sites (tertiary alicyclic amines) is 1. The maximum Gasteiger partial charge on any atom is 0.315 e. The van der Waals surface area contributed by atoms with Crippen LogP contribution in [0.1, 0.15) is 49.2 Å². The predicted molar refractivity (Wildman–Crippen MR) is 100 cm³/mol. The molecule has 2 fully saturated rings. The zero-order valence-electron chi connectivity index (χ0n) is 15.3. The second-order valence-electron chi connectivity index (χ2n) is 7.08. The summed E-state index contributed by atoms with van der Waals surface area (Å²) in [5, 5.41) is 8.69. The standard InChI is InChI=1S/C18H28N4O3S/c1-13-20-15(12-26-13)11-25-16-7-8-22(10-16)17(23)9-19-18(24)21-14-5-3-2-4-6-14/h12,14,16H,2-11H2,1H3,(H2,19,21,24)/t16-/m0/s1. The number of thiazole rings is 1. The van der Waals surface area contributed by atoms with Gasteiger partial charge in [-0.15, -0.1) is 11.3 Å². The van der Waals surface area contributed by atoms with Crippen LogP contribution in [-0.4, -0.2) is 53.6 Å². The third-order valence-electron chi connectivity index (χ3n) is 4.97. The molecule has 2 aliphatic rings. The molecule has 0 bridgehead atoms. The van der Waals surface area contributed by atoms with Gasteiger partial charge in [0, 0.05) is 24.5 Å². The van der Waals surface area contributed by atoms with Gasteiger partial charge >= 0.3 is 6.03 Å². The molecule has 0 radical (unpaired) electrons. The van der Waals surface area contributed by atoms with E-state index in [0.29, 0.717) is 19.7 Å². The number of nitrogens with one attached hydrogen (secondary N) is 2. The number of ether oxygens (including phenoxy) is 1. The van der Waals surface area contributed by atoms with E-state index in [1.165, 1.54) is 19.3 Å². The molecule has 0 aromatic carbocycles. The Hall–Kier alpha value is -1.67. The molecule has 144 valence electrons. The number of carbonyl (C=O) groups excluding carboxylic acids is 2. The summed E-state index contributed by atoms with van der Waals surface area (Å²) in [6.45, 7) is 3.75. The molecule has 3 amide bonds. The molecule has 26 heavy (non-hydrogen) atoms. The minimum Gasteiger partial charge on any atom is -0.370 e. The maximum absolute atomic E-state index is 12.3. The Balaban J connectivity index is 1.32. The summed E-state index contributed by atoms with van der Waals surface area (Å²) in [5.74, 6) is -0.0561. The second-order valence-corrected chi connectivity index (χ2v) is 8.14. The molecule has 3 rings (SSSR count). The van der Waals surface area contributed by atoms with Gasteiger partial charge < -0.3 is 20.3 Å². The van der Waals surface area contributed by atoms with Crippen LogP contribution in [0.5, 0.6) is 0 Å². The Morgan fingerprint density at radius 1 is 1.31 bits per heavy atom. The molecular formula is C18H28N4O3S. The Labute approximate surface area is 158 Å². The summed E-state index contributed by atoms with van der Waals surface area (Å²) in [6, 6.07) is 0.00826. The van der Waals surface area contributed by atoms with Crippen LogP contribution in [0.25, 0.3) is 0 Å². The minimum atomic E-state index is -0.240. The molecule has 1 aliphatic carbocycles. The molecule has 0 spiro atoms. The number of hydrogen-bond acceptors (Lipinski definition) is 5. The van der Waals surface area contributed by atoms with Gasteiger partial charge in [0.05, 0.1) is 30.0 Å². The van der Waals surface area contributed by atoms with E-state index in [-0.39, 0.29) is 30.6 Å². The number of rotatable bonds is 6. The van der Waals surface area contributed by atoms with Crippen LogP contribution in [0, 0.1) is 6.92 Å². The van der Waals surface area contributed by atoms with Crippen molar-refractivity contribution in [2.24, 2.45) is 0 Å². The fraction of sp³-hybridized carbons (Fsp3) is 0.722. The molecule has 1 saturated carbocycles. The molecule has 0 unspecified atom stereocenters. The van der Waals surface area contributed by atoms with E-state index in [9.17, 15) is 9.59 Å². The van der Waals surface area contributed by atoms with Crippen molar-refractivity contribution in [1.29, 1.82) is 0 Å². The molecular weight excluding hydrogens is 352 g/mol. The monoisotopic (exact) mass is 380 g/mol. The molecule has 1 aromatic heterocycles. The van der Waals surface area contributed by atoms with Gasteiger partial charge in [-0.3, -0.25) is 4.79 Å². The highest BCUT2D eigenvalue weighted by Crippen LogP contribution is 2.17. The summed E-state index contributed by atoms with van der Waals surface area (Å²) in [5.41, 5.74) is 0.943. The van der Waals surface area contributed by atoms with Crippen molar-refractivity contribution in [3.8, 4) is 0 Å². The number of nitrogens with zero attached hydrogens (tertiary/aromatic N) is 2. The highest BCUT2D eigenvalue weighted by atomic mass is 32.1. The zero-order valence-corrected chi connectivity index (χ0v) is 16.1. The highest BCUT2D eigenvalue weighted by molar-refractivity contribution is 7.09. The first-order chi connectivity index (χ1) is 12.6. The van der Waals surface area contributed by atoms with E-state index in [0.717, 1.165) is 30.0 Å². The van der Waals surface area contributed by atoms with Crippen molar-refractivity contribution in [3.63, 3.8) is 0 Å². The lowest BCUT2D eigenvalue weighted by Gasteiger charge is -2.23. The molecule has 8 heteroatoms. The van der Waals surface area contributed by atoms with E-state index in [2.05, 4.69) is 15.6 Å². The number of amides is 3. The average Bonchev–Trinajstić information content (AvgIpc) is 3.28. The Morgan fingerprint density at radius 3 is 2.85 bits per heavy atom. The molecule has 7 nitrogen and oxygen atoms in total. The number of hydrogen-bond donors (Lipinski definition) is 2. The molecule has 1 aliphatic heterocycles. The van der Waals surface area contributed by atoms with Gasteiger partial charge in [-0.05, 0) is 26.2 Å². The fourth-order valence-electron chi connectivity index (χ4n) is 3.52. The van der Waals surface area contributed by atoms with E-state index in [1.807, 2.05) is 12.3 Å². The quantitative estimate of drug-likeness (QED) is 0.792. The van der Waals surface area contributed by atoms with Crippen molar-refractivity contribution in [2.45, 2.75) is 64.2 Å². The van der Waals surface area contributed by atoms with Crippen molar-refractivity contribution in [1.82, 2.24) is 20.5 Å². The van der Waals surface area contributed by atoms with Gasteiger partial charge in [0.2, 0.25) is 5.91 Å². The van der Waals surface area contributed by atoms with E-state index in [1.54, 1.807) is 16.2 Å². The van der Waals surface area contributed by atoms with Gasteiger partial charge in [-0.1, -0.05) is 19.3 Å². The predicted octanol–water partition coefficient (Wildman–Crippen LogP) is 2.20. The Kier molecular flexibility index (Phi) is 6.85. The fourth-order valence-corrected chi connectivity index (χ4v) is 4.12. The molecule has 2 heterocycles. The van der Waals surface area contributed by atoms with Crippen LogP contribution in [0.3, 0.4) is 0 Å². The number of urea groups is 1. The van der Waals surface area contributed by atoms with Crippen LogP contribution in [0.4, 0.5) is 4.79 Å². The van der Waals surface area contributed by atoms with Gasteiger partial charge in [0.1, 0.15) is 0 Å². The van der Waals surface area contributed by atoms with Gasteiger partial charge in [0.25, 0.3) is 0 Å². The first-order valence-electron chi connectivity index (χ1n) is 9.45. The van der Waals surface area contributed by atoms with E-state index in [4.69, 9.17) is 4.74 Å². The Morgan fingerprint density at radius 2 is 2.12 bits per heavy atom. The van der Waals surface area contributed by atoms with Crippen molar-refractivity contribution < 1.29 is 14.3 Å². The molecule has 1 atom stereocenters. The van der Waals surface area contributed by atoms with Gasteiger partial charge in [-0.2, -0.15) is 0 Å². The lowest BCUT2D eigenvalue weighted by molar-refractivity contribution is -0.129. The summed E-state index contributed by atoms with van der Waals surface area (Å²) >= 11 is 1.61. The van der Waals surface area contributed by atoms with Gasteiger partial charge in [0.15, 0.2) is 0 Å². The maximum atomic E-state index is 12.3. The number of aromatic nitrogens is 1. The van der Waals surface area contributed by atoms with Crippen LogP contribution in [0.15, 0.2) is 5.38 Å². The van der Waals surface area contributed by atoms with Crippen molar-refractivity contribution >= 4 is 23.3 Å². The largest absolute Gasteiger partial charge is 0.370 e.